The quantitative estimate of drug-likeness (QED) is 0.445. The first kappa shape index (κ1) is 20.0. The summed E-state index contributed by atoms with van der Waals surface area (Å²) in [6.45, 7) is 3.75. The second kappa shape index (κ2) is 8.66. The molecule has 1 N–H and O–H groups in total. The third-order valence-electron chi connectivity index (χ3n) is 5.11. The molecule has 0 unspecified atom stereocenters. The van der Waals surface area contributed by atoms with E-state index < -0.39 is 0 Å². The van der Waals surface area contributed by atoms with E-state index in [9.17, 15) is 4.39 Å². The fourth-order valence-corrected chi connectivity index (χ4v) is 3.52. The highest BCUT2D eigenvalue weighted by Gasteiger charge is 2.19. The summed E-state index contributed by atoms with van der Waals surface area (Å²) in [6.07, 6.45) is 2.69. The highest BCUT2D eigenvalue weighted by molar-refractivity contribution is 5.80. The van der Waals surface area contributed by atoms with Crippen molar-refractivity contribution in [1.29, 1.82) is 0 Å². The van der Waals surface area contributed by atoms with Crippen molar-refractivity contribution in [2.24, 2.45) is 5.10 Å². The Labute approximate surface area is 184 Å². The molecule has 0 bridgehead atoms. The average Bonchev–Trinajstić information content (AvgIpc) is 3.45. The maximum atomic E-state index is 13.5. The molecule has 1 aliphatic heterocycles. The van der Waals surface area contributed by atoms with Crippen molar-refractivity contribution in [3.8, 4) is 28.4 Å². The van der Waals surface area contributed by atoms with Gasteiger partial charge in [0.05, 0.1) is 37.3 Å². The zero-order chi connectivity index (χ0) is 21.9. The maximum absolute atomic E-state index is 13.5. The van der Waals surface area contributed by atoms with Gasteiger partial charge in [0.2, 0.25) is 0 Å². The number of hydrogen-bond donors (Lipinski definition) is 1. The molecule has 2 aromatic carbocycles. The van der Waals surface area contributed by atoms with Gasteiger partial charge in [-0.05, 0) is 42.8 Å². The number of aromatic nitrogens is 3. The lowest BCUT2D eigenvalue weighted by Gasteiger charge is -2.19. The van der Waals surface area contributed by atoms with E-state index in [-0.39, 0.29) is 5.82 Å². The highest BCUT2D eigenvalue weighted by atomic mass is 19.1. The minimum atomic E-state index is -0.295. The smallest absolute Gasteiger partial charge is 0.158 e. The van der Waals surface area contributed by atoms with E-state index in [0.717, 1.165) is 34.8 Å². The van der Waals surface area contributed by atoms with Crippen LogP contribution in [0.15, 0.2) is 64.2 Å². The third-order valence-corrected chi connectivity index (χ3v) is 5.11. The largest absolute Gasteiger partial charge is 0.494 e. The summed E-state index contributed by atoms with van der Waals surface area (Å²) in [5.41, 5.74) is 4.09. The molecule has 0 fully saturated rings. The lowest BCUT2D eigenvalue weighted by molar-refractivity contribution is 0.229. The van der Waals surface area contributed by atoms with E-state index in [0.29, 0.717) is 36.8 Å². The molecule has 4 aromatic rings. The Bertz CT molecular complexity index is 1250. The van der Waals surface area contributed by atoms with E-state index in [4.69, 9.17) is 9.26 Å². The van der Waals surface area contributed by atoms with Gasteiger partial charge in [-0.1, -0.05) is 24.2 Å². The number of imidazole rings is 1. The van der Waals surface area contributed by atoms with Crippen molar-refractivity contribution in [1.82, 2.24) is 20.1 Å². The van der Waals surface area contributed by atoms with Crippen LogP contribution in [0.4, 0.5) is 4.39 Å². The summed E-state index contributed by atoms with van der Waals surface area (Å²) in [4.78, 5) is 7.83. The van der Waals surface area contributed by atoms with Crippen LogP contribution in [-0.2, 0) is 13.1 Å². The topological polar surface area (TPSA) is 79.5 Å². The Kier molecular flexibility index (Phi) is 5.41. The van der Waals surface area contributed by atoms with Crippen molar-refractivity contribution in [2.45, 2.75) is 26.4 Å². The van der Waals surface area contributed by atoms with E-state index >= 15 is 0 Å². The van der Waals surface area contributed by atoms with Crippen LogP contribution in [0.1, 0.15) is 30.5 Å². The highest BCUT2D eigenvalue weighted by Crippen LogP contribution is 2.25. The number of hydrogen-bond acceptors (Lipinski definition) is 6. The first-order valence-electron chi connectivity index (χ1n) is 10.5. The van der Waals surface area contributed by atoms with Crippen molar-refractivity contribution >= 4 is 6.21 Å². The van der Waals surface area contributed by atoms with Crippen LogP contribution in [-0.4, -0.2) is 33.0 Å². The van der Waals surface area contributed by atoms with Crippen molar-refractivity contribution in [2.75, 3.05) is 6.61 Å². The predicted octanol–water partition coefficient (Wildman–Crippen LogP) is 5.01. The van der Waals surface area contributed by atoms with E-state index in [1.54, 1.807) is 12.3 Å². The fraction of sp³-hybridized carbons (Fsp3) is 0.208. The number of nitrogens with zero attached hydrogens (tertiary/aromatic N) is 4. The first-order valence-corrected chi connectivity index (χ1v) is 10.5. The summed E-state index contributed by atoms with van der Waals surface area (Å²) in [7, 11) is 0. The van der Waals surface area contributed by atoms with Crippen LogP contribution in [0.3, 0.4) is 0 Å². The molecular formula is C24H22FN5O2. The molecule has 8 heteroatoms. The van der Waals surface area contributed by atoms with Gasteiger partial charge in [-0.15, -0.1) is 0 Å². The second-order valence-corrected chi connectivity index (χ2v) is 7.57. The summed E-state index contributed by atoms with van der Waals surface area (Å²) >= 11 is 0. The van der Waals surface area contributed by atoms with Gasteiger partial charge < -0.3 is 14.2 Å². The van der Waals surface area contributed by atoms with Gasteiger partial charge in [0.15, 0.2) is 5.76 Å². The number of halogens is 1. The molecule has 162 valence electrons. The molecule has 0 amide bonds. The third kappa shape index (κ3) is 4.25. The Morgan fingerprint density at radius 1 is 1.12 bits per heavy atom. The molecule has 0 saturated carbocycles. The number of benzene rings is 2. The van der Waals surface area contributed by atoms with Crippen LogP contribution < -0.4 is 4.74 Å². The van der Waals surface area contributed by atoms with E-state index in [1.165, 1.54) is 12.1 Å². The summed E-state index contributed by atoms with van der Waals surface area (Å²) in [5, 5.41) is 10.5. The second-order valence-electron chi connectivity index (χ2n) is 7.57. The molecule has 1 aliphatic rings. The molecule has 3 heterocycles. The minimum absolute atomic E-state index is 0.295. The lowest BCUT2D eigenvalue weighted by Crippen LogP contribution is -2.21. The van der Waals surface area contributed by atoms with Gasteiger partial charge in [-0.25, -0.2) is 9.37 Å². The first-order chi connectivity index (χ1) is 15.7. The maximum Gasteiger partial charge on any atom is 0.158 e. The minimum Gasteiger partial charge on any atom is -0.494 e. The Morgan fingerprint density at radius 3 is 2.81 bits per heavy atom. The summed E-state index contributed by atoms with van der Waals surface area (Å²) in [6, 6.07) is 16.1. The molecular weight excluding hydrogens is 409 g/mol. The van der Waals surface area contributed by atoms with Gasteiger partial charge in [-0.2, -0.15) is 5.10 Å². The van der Waals surface area contributed by atoms with Crippen LogP contribution in [0.5, 0.6) is 5.75 Å². The number of aromatic amines is 1. The van der Waals surface area contributed by atoms with Crippen molar-refractivity contribution in [3.63, 3.8) is 0 Å². The van der Waals surface area contributed by atoms with Crippen molar-refractivity contribution < 1.29 is 13.7 Å². The van der Waals surface area contributed by atoms with Crippen LogP contribution in [0, 0.1) is 5.82 Å². The molecule has 32 heavy (non-hydrogen) atoms. The zero-order valence-electron chi connectivity index (χ0n) is 17.6. The zero-order valence-corrected chi connectivity index (χ0v) is 17.6. The van der Waals surface area contributed by atoms with Crippen LogP contribution >= 0.6 is 0 Å². The molecule has 2 aromatic heterocycles. The SMILES string of the molecule is CCCOc1ccc(-c2cc(CN3Cc4nc(-c5cccc(F)c5)[nH]c4C=N3)on2)cc1. The van der Waals surface area contributed by atoms with Gasteiger partial charge in [0.1, 0.15) is 23.1 Å². The predicted molar refractivity (Wildman–Crippen MR) is 119 cm³/mol. The van der Waals surface area contributed by atoms with Gasteiger partial charge in [0.25, 0.3) is 0 Å². The van der Waals surface area contributed by atoms with Crippen LogP contribution in [0.2, 0.25) is 0 Å². The number of rotatable bonds is 7. The Balaban J connectivity index is 1.25. The molecule has 0 spiro atoms. The Hall–Kier alpha value is -3.94. The van der Waals surface area contributed by atoms with Gasteiger partial charge in [0, 0.05) is 17.2 Å². The fourth-order valence-electron chi connectivity index (χ4n) is 3.52. The monoisotopic (exact) mass is 431 g/mol. The van der Waals surface area contributed by atoms with Gasteiger partial charge >= 0.3 is 0 Å². The Morgan fingerprint density at radius 2 is 2.00 bits per heavy atom. The number of hydrazone groups is 1. The molecule has 0 radical (unpaired) electrons. The standard InChI is InChI=1S/C24H22FN5O2/c1-2-10-31-19-8-6-16(7-9-19)21-12-20(32-29-21)14-30-15-23-22(13-26-30)27-24(28-23)17-4-3-5-18(25)11-17/h3-9,11-13H,2,10,14-15H2,1H3,(H,27,28). The average molecular weight is 431 g/mol. The van der Waals surface area contributed by atoms with E-state index in [2.05, 4.69) is 27.1 Å². The lowest BCUT2D eigenvalue weighted by atomic mass is 10.1. The summed E-state index contributed by atoms with van der Waals surface area (Å²) in [5.74, 6) is 1.87. The van der Waals surface area contributed by atoms with Crippen molar-refractivity contribution in [3.05, 3.63) is 77.6 Å². The van der Waals surface area contributed by atoms with Crippen LogP contribution in [0.25, 0.3) is 22.6 Å². The number of fused-ring (bicyclic) bond motifs is 1. The van der Waals surface area contributed by atoms with E-state index in [1.807, 2.05) is 41.4 Å². The number of H-pyrrole nitrogens is 1. The molecule has 5 rings (SSSR count). The molecule has 0 saturated heterocycles. The molecule has 0 aliphatic carbocycles. The number of nitrogens with one attached hydrogen (secondary N) is 1. The normalized spacial score (nSPS) is 12.8. The molecule has 7 nitrogen and oxygen atoms in total. The summed E-state index contributed by atoms with van der Waals surface area (Å²) < 4.78 is 24.7. The molecule has 0 atom stereocenters. The van der Waals surface area contributed by atoms with Gasteiger partial charge in [-0.3, -0.25) is 5.01 Å². The number of ether oxygens (including phenoxy) is 1.